The van der Waals surface area contributed by atoms with Gasteiger partial charge < -0.3 is 14.7 Å². The number of aliphatic hydroxyl groups is 1. The second-order valence-corrected chi connectivity index (χ2v) is 6.93. The fraction of sp³-hybridized carbons (Fsp3) is 0.538. The van der Waals surface area contributed by atoms with E-state index in [1.165, 1.54) is 6.26 Å². The van der Waals surface area contributed by atoms with E-state index in [1.54, 1.807) is 13.2 Å². The lowest BCUT2D eigenvalue weighted by molar-refractivity contribution is 0.280. The van der Waals surface area contributed by atoms with Gasteiger partial charge >= 0.3 is 0 Å². The molecule has 0 aromatic heterocycles. The Morgan fingerprint density at radius 1 is 1.37 bits per heavy atom. The molecule has 1 rings (SSSR count). The van der Waals surface area contributed by atoms with Gasteiger partial charge in [-0.05, 0) is 24.7 Å². The molecule has 0 spiro atoms. The molecule has 0 amide bonds. The number of hydrogen-bond acceptors (Lipinski definition) is 5. The van der Waals surface area contributed by atoms with Crippen molar-refractivity contribution in [3.05, 3.63) is 29.3 Å². The van der Waals surface area contributed by atoms with Crippen molar-refractivity contribution in [3.8, 4) is 5.75 Å². The zero-order valence-corrected chi connectivity index (χ0v) is 12.4. The van der Waals surface area contributed by atoms with E-state index >= 15 is 0 Å². The molecule has 1 aromatic rings. The van der Waals surface area contributed by atoms with Crippen molar-refractivity contribution in [2.75, 3.05) is 32.7 Å². The highest BCUT2D eigenvalue weighted by molar-refractivity contribution is 7.90. The third-order valence-electron chi connectivity index (χ3n) is 2.81. The summed E-state index contributed by atoms with van der Waals surface area (Å²) in [6.07, 6.45) is 1.23. The van der Waals surface area contributed by atoms with Crippen LogP contribution in [0.1, 0.15) is 11.1 Å². The van der Waals surface area contributed by atoms with Crippen molar-refractivity contribution in [2.24, 2.45) is 0 Å². The quantitative estimate of drug-likeness (QED) is 0.798. The Balaban J connectivity index is 2.74. The number of methoxy groups -OCH3 is 1. The average molecular weight is 287 g/mol. The van der Waals surface area contributed by atoms with Gasteiger partial charge in [-0.15, -0.1) is 0 Å². The fourth-order valence-corrected chi connectivity index (χ4v) is 2.39. The van der Waals surface area contributed by atoms with Gasteiger partial charge in [-0.1, -0.05) is 6.07 Å². The number of nitrogens with zero attached hydrogens (tertiary/aromatic N) is 1. The first-order valence-corrected chi connectivity index (χ1v) is 8.04. The molecule has 0 aliphatic rings. The number of rotatable bonds is 7. The maximum absolute atomic E-state index is 11.1. The van der Waals surface area contributed by atoms with Gasteiger partial charge in [0.25, 0.3) is 0 Å². The number of hydrogen-bond donors (Lipinski definition) is 1. The normalized spacial score (nSPS) is 11.8. The number of aliphatic hydroxyl groups excluding tert-OH is 1. The first-order valence-electron chi connectivity index (χ1n) is 5.98. The molecular weight excluding hydrogens is 266 g/mol. The zero-order valence-electron chi connectivity index (χ0n) is 11.6. The standard InChI is InChI=1S/C13H21NO4S/c1-14(6-7-19(3,16)17)9-12-8-11(10-15)4-5-13(12)18-2/h4-5,8,15H,6-7,9-10H2,1-3H3. The van der Waals surface area contributed by atoms with Gasteiger partial charge in [0, 0.05) is 24.9 Å². The van der Waals surface area contributed by atoms with Crippen molar-refractivity contribution in [3.63, 3.8) is 0 Å². The fourth-order valence-electron chi connectivity index (χ4n) is 1.75. The number of sulfone groups is 1. The predicted molar refractivity (Wildman–Crippen MR) is 75.0 cm³/mol. The monoisotopic (exact) mass is 287 g/mol. The maximum Gasteiger partial charge on any atom is 0.148 e. The van der Waals surface area contributed by atoms with Gasteiger partial charge in [-0.3, -0.25) is 0 Å². The van der Waals surface area contributed by atoms with E-state index in [-0.39, 0.29) is 12.4 Å². The summed E-state index contributed by atoms with van der Waals surface area (Å²) >= 11 is 0. The number of ether oxygens (including phenoxy) is 1. The molecule has 0 heterocycles. The lowest BCUT2D eigenvalue weighted by atomic mass is 10.1. The predicted octanol–water partition coefficient (Wildman–Crippen LogP) is 0.664. The van der Waals surface area contributed by atoms with Crippen LogP contribution >= 0.6 is 0 Å². The van der Waals surface area contributed by atoms with E-state index in [0.717, 1.165) is 16.9 Å². The van der Waals surface area contributed by atoms with Crippen LogP contribution < -0.4 is 4.74 Å². The zero-order chi connectivity index (χ0) is 14.5. The number of benzene rings is 1. The highest BCUT2D eigenvalue weighted by atomic mass is 32.2. The Bertz CT molecular complexity index is 513. The molecule has 0 fully saturated rings. The molecule has 0 atom stereocenters. The first kappa shape index (κ1) is 15.9. The van der Waals surface area contributed by atoms with Crippen LogP contribution in [0.2, 0.25) is 0 Å². The highest BCUT2D eigenvalue weighted by Gasteiger charge is 2.10. The van der Waals surface area contributed by atoms with Crippen molar-refractivity contribution in [1.82, 2.24) is 4.90 Å². The Morgan fingerprint density at radius 2 is 2.05 bits per heavy atom. The Morgan fingerprint density at radius 3 is 2.58 bits per heavy atom. The van der Waals surface area contributed by atoms with E-state index < -0.39 is 9.84 Å². The van der Waals surface area contributed by atoms with E-state index in [4.69, 9.17) is 9.84 Å². The van der Waals surface area contributed by atoms with Crippen LogP contribution in [0.3, 0.4) is 0 Å². The summed E-state index contributed by atoms with van der Waals surface area (Å²) in [6, 6.07) is 5.49. The summed E-state index contributed by atoms with van der Waals surface area (Å²) in [5.41, 5.74) is 1.75. The topological polar surface area (TPSA) is 66.8 Å². The van der Waals surface area contributed by atoms with Crippen LogP contribution in [0.15, 0.2) is 18.2 Å². The van der Waals surface area contributed by atoms with Gasteiger partial charge in [0.2, 0.25) is 0 Å². The Labute approximate surface area is 114 Å². The minimum atomic E-state index is -2.95. The van der Waals surface area contributed by atoms with Crippen LogP contribution in [0.25, 0.3) is 0 Å². The SMILES string of the molecule is COc1ccc(CO)cc1CN(C)CCS(C)(=O)=O. The molecule has 6 heteroatoms. The highest BCUT2D eigenvalue weighted by Crippen LogP contribution is 2.21. The van der Waals surface area contributed by atoms with Crippen molar-refractivity contribution < 1.29 is 18.3 Å². The van der Waals surface area contributed by atoms with E-state index in [1.807, 2.05) is 24.1 Å². The molecule has 0 unspecified atom stereocenters. The molecule has 0 aliphatic carbocycles. The van der Waals surface area contributed by atoms with Crippen LogP contribution in [0.5, 0.6) is 5.75 Å². The van der Waals surface area contributed by atoms with Gasteiger partial charge in [0.1, 0.15) is 15.6 Å². The van der Waals surface area contributed by atoms with Gasteiger partial charge in [0.15, 0.2) is 0 Å². The molecule has 0 saturated heterocycles. The molecule has 0 radical (unpaired) electrons. The first-order chi connectivity index (χ1) is 8.85. The van der Waals surface area contributed by atoms with Crippen LogP contribution in [-0.2, 0) is 23.0 Å². The summed E-state index contributed by atoms with van der Waals surface area (Å²) in [5, 5.41) is 9.14. The van der Waals surface area contributed by atoms with Crippen LogP contribution in [0, 0.1) is 0 Å². The average Bonchev–Trinajstić information content (AvgIpc) is 2.35. The Kier molecular flexibility index (Phi) is 5.78. The smallest absolute Gasteiger partial charge is 0.148 e. The Hall–Kier alpha value is -1.11. The molecule has 1 aromatic carbocycles. The molecule has 0 bridgehead atoms. The van der Waals surface area contributed by atoms with Crippen LogP contribution in [-0.4, -0.2) is 51.1 Å². The summed E-state index contributed by atoms with van der Waals surface area (Å²) in [7, 11) is 0.496. The third-order valence-corrected chi connectivity index (χ3v) is 3.74. The second kappa shape index (κ2) is 6.88. The minimum Gasteiger partial charge on any atom is -0.496 e. The van der Waals surface area contributed by atoms with Gasteiger partial charge in [0.05, 0.1) is 19.5 Å². The summed E-state index contributed by atoms with van der Waals surface area (Å²) in [6.45, 7) is 1.02. The molecule has 19 heavy (non-hydrogen) atoms. The summed E-state index contributed by atoms with van der Waals surface area (Å²) < 4.78 is 27.5. The summed E-state index contributed by atoms with van der Waals surface area (Å²) in [4.78, 5) is 1.92. The van der Waals surface area contributed by atoms with E-state index in [2.05, 4.69) is 0 Å². The van der Waals surface area contributed by atoms with Gasteiger partial charge in [-0.25, -0.2) is 8.42 Å². The second-order valence-electron chi connectivity index (χ2n) is 4.67. The minimum absolute atomic E-state index is 0.0238. The lowest BCUT2D eigenvalue weighted by Gasteiger charge is -2.18. The van der Waals surface area contributed by atoms with Gasteiger partial charge in [-0.2, -0.15) is 0 Å². The maximum atomic E-state index is 11.1. The van der Waals surface area contributed by atoms with Crippen molar-refractivity contribution >= 4 is 9.84 Å². The van der Waals surface area contributed by atoms with Crippen molar-refractivity contribution in [1.29, 1.82) is 0 Å². The van der Waals surface area contributed by atoms with E-state index in [0.29, 0.717) is 13.1 Å². The van der Waals surface area contributed by atoms with Crippen LogP contribution in [0.4, 0.5) is 0 Å². The lowest BCUT2D eigenvalue weighted by Crippen LogP contribution is -2.25. The van der Waals surface area contributed by atoms with Crippen molar-refractivity contribution in [2.45, 2.75) is 13.2 Å². The third kappa shape index (κ3) is 5.59. The summed E-state index contributed by atoms with van der Waals surface area (Å²) in [5.74, 6) is 0.870. The molecule has 5 nitrogen and oxygen atoms in total. The molecule has 1 N–H and O–H groups in total. The molecular formula is C13H21NO4S. The molecule has 0 aliphatic heterocycles. The molecule has 0 saturated carbocycles. The largest absolute Gasteiger partial charge is 0.496 e. The van der Waals surface area contributed by atoms with E-state index in [9.17, 15) is 8.42 Å². The molecule has 108 valence electrons.